The van der Waals surface area contributed by atoms with Gasteiger partial charge < -0.3 is 14.8 Å². The monoisotopic (exact) mass is 265 g/mol. The zero-order valence-corrected chi connectivity index (χ0v) is 12.4. The lowest BCUT2D eigenvalue weighted by atomic mass is 9.94. The fourth-order valence-electron chi connectivity index (χ4n) is 2.38. The predicted molar refractivity (Wildman–Crippen MR) is 79.8 cm³/mol. The van der Waals surface area contributed by atoms with Gasteiger partial charge in [-0.1, -0.05) is 18.6 Å². The number of hydrogen-bond donors (Lipinski definition) is 1. The second-order valence-electron chi connectivity index (χ2n) is 4.97. The average Bonchev–Trinajstić information content (AvgIpc) is 2.44. The van der Waals surface area contributed by atoms with E-state index in [1.807, 2.05) is 13.1 Å². The van der Waals surface area contributed by atoms with E-state index in [0.717, 1.165) is 31.7 Å². The molecule has 19 heavy (non-hydrogen) atoms. The molecular formula is C16H27NO2. The molecular weight excluding hydrogens is 238 g/mol. The van der Waals surface area contributed by atoms with Gasteiger partial charge in [0.05, 0.1) is 7.11 Å². The van der Waals surface area contributed by atoms with E-state index in [9.17, 15) is 0 Å². The number of unbranched alkanes of at least 4 members (excludes halogenated alkanes) is 1. The molecule has 0 aromatic heterocycles. The molecule has 0 heterocycles. The summed E-state index contributed by atoms with van der Waals surface area (Å²) in [5.41, 5.74) is 1.35. The molecule has 1 rings (SSSR count). The first-order valence-electron chi connectivity index (χ1n) is 7.06. The number of nitrogens with one attached hydrogen (secondary N) is 1. The fourth-order valence-corrected chi connectivity index (χ4v) is 2.38. The first-order chi connectivity index (χ1) is 9.30. The van der Waals surface area contributed by atoms with Gasteiger partial charge >= 0.3 is 0 Å². The minimum atomic E-state index is 0.675. The third-order valence-electron chi connectivity index (χ3n) is 3.36. The Kier molecular flexibility index (Phi) is 8.26. The predicted octanol–water partition coefficient (Wildman–Crippen LogP) is 2.89. The van der Waals surface area contributed by atoms with Gasteiger partial charge in [-0.2, -0.15) is 0 Å². The third-order valence-corrected chi connectivity index (χ3v) is 3.36. The van der Waals surface area contributed by atoms with Gasteiger partial charge in [-0.25, -0.2) is 0 Å². The zero-order chi connectivity index (χ0) is 13.9. The van der Waals surface area contributed by atoms with Gasteiger partial charge in [0.2, 0.25) is 0 Å². The lowest BCUT2D eigenvalue weighted by Crippen LogP contribution is -2.21. The van der Waals surface area contributed by atoms with Crippen LogP contribution >= 0.6 is 0 Å². The first kappa shape index (κ1) is 16.0. The summed E-state index contributed by atoms with van der Waals surface area (Å²) >= 11 is 0. The fraction of sp³-hybridized carbons (Fsp3) is 0.625. The molecule has 0 fully saturated rings. The van der Waals surface area contributed by atoms with Crippen molar-refractivity contribution in [2.24, 2.45) is 5.92 Å². The molecule has 1 atom stereocenters. The molecule has 0 aliphatic rings. The molecule has 1 aromatic rings. The van der Waals surface area contributed by atoms with Gasteiger partial charge in [0, 0.05) is 13.7 Å². The van der Waals surface area contributed by atoms with Gasteiger partial charge in [-0.05, 0) is 56.5 Å². The molecule has 3 nitrogen and oxygen atoms in total. The second kappa shape index (κ2) is 9.82. The lowest BCUT2D eigenvalue weighted by molar-refractivity contribution is 0.190. The molecule has 3 heteroatoms. The Bertz CT molecular complexity index is 341. The smallest absolute Gasteiger partial charge is 0.119 e. The van der Waals surface area contributed by atoms with Crippen molar-refractivity contribution in [3.8, 4) is 5.75 Å². The second-order valence-corrected chi connectivity index (χ2v) is 4.97. The summed E-state index contributed by atoms with van der Waals surface area (Å²) in [6, 6.07) is 8.38. The van der Waals surface area contributed by atoms with E-state index in [4.69, 9.17) is 9.47 Å². The van der Waals surface area contributed by atoms with Crippen LogP contribution in [0.3, 0.4) is 0 Å². The summed E-state index contributed by atoms with van der Waals surface area (Å²) in [5.74, 6) is 1.62. The van der Waals surface area contributed by atoms with E-state index in [1.165, 1.54) is 18.4 Å². The highest BCUT2D eigenvalue weighted by molar-refractivity contribution is 5.28. The van der Waals surface area contributed by atoms with Crippen LogP contribution in [0.4, 0.5) is 0 Å². The van der Waals surface area contributed by atoms with Gasteiger partial charge in [-0.3, -0.25) is 0 Å². The molecule has 0 radical (unpaired) electrons. The molecule has 0 bridgehead atoms. The Labute approximate surface area is 117 Å². The summed E-state index contributed by atoms with van der Waals surface area (Å²) in [4.78, 5) is 0. The molecule has 0 spiro atoms. The highest BCUT2D eigenvalue weighted by atomic mass is 16.5. The lowest BCUT2D eigenvalue weighted by Gasteiger charge is -2.17. The van der Waals surface area contributed by atoms with Crippen molar-refractivity contribution in [3.05, 3.63) is 29.8 Å². The van der Waals surface area contributed by atoms with Crippen LogP contribution in [0.5, 0.6) is 5.75 Å². The van der Waals surface area contributed by atoms with Gasteiger partial charge in [0.15, 0.2) is 0 Å². The van der Waals surface area contributed by atoms with Crippen molar-refractivity contribution < 1.29 is 9.47 Å². The van der Waals surface area contributed by atoms with E-state index in [1.54, 1.807) is 14.2 Å². The van der Waals surface area contributed by atoms with Crippen LogP contribution in [-0.4, -0.2) is 34.4 Å². The molecule has 0 saturated carbocycles. The Balaban J connectivity index is 2.46. The first-order valence-corrected chi connectivity index (χ1v) is 7.06. The maximum absolute atomic E-state index is 5.28. The topological polar surface area (TPSA) is 30.5 Å². The maximum Gasteiger partial charge on any atom is 0.119 e. The Morgan fingerprint density at radius 2 is 2.05 bits per heavy atom. The Hall–Kier alpha value is -1.06. The van der Waals surface area contributed by atoms with E-state index in [-0.39, 0.29) is 0 Å². The Morgan fingerprint density at radius 1 is 1.21 bits per heavy atom. The minimum absolute atomic E-state index is 0.675. The molecule has 0 aliphatic carbocycles. The summed E-state index contributed by atoms with van der Waals surface area (Å²) in [6.07, 6.45) is 4.71. The van der Waals surface area contributed by atoms with E-state index < -0.39 is 0 Å². The molecule has 1 unspecified atom stereocenters. The van der Waals surface area contributed by atoms with Crippen molar-refractivity contribution in [3.63, 3.8) is 0 Å². The van der Waals surface area contributed by atoms with Gasteiger partial charge in [0.1, 0.15) is 5.75 Å². The van der Waals surface area contributed by atoms with Crippen LogP contribution in [0, 0.1) is 5.92 Å². The van der Waals surface area contributed by atoms with Crippen LogP contribution < -0.4 is 10.1 Å². The van der Waals surface area contributed by atoms with E-state index >= 15 is 0 Å². The van der Waals surface area contributed by atoms with Crippen molar-refractivity contribution in [1.82, 2.24) is 5.32 Å². The van der Waals surface area contributed by atoms with Crippen LogP contribution in [-0.2, 0) is 11.2 Å². The SMILES string of the molecule is CNCC(CCCCOC)Cc1cccc(OC)c1. The third kappa shape index (κ3) is 6.60. The largest absolute Gasteiger partial charge is 0.497 e. The van der Waals surface area contributed by atoms with Crippen LogP contribution in [0.15, 0.2) is 24.3 Å². The Morgan fingerprint density at radius 3 is 2.74 bits per heavy atom. The summed E-state index contributed by atoms with van der Waals surface area (Å²) in [7, 11) is 5.50. The molecule has 0 saturated heterocycles. The molecule has 0 amide bonds. The number of hydrogen-bond acceptors (Lipinski definition) is 3. The van der Waals surface area contributed by atoms with Crippen LogP contribution in [0.1, 0.15) is 24.8 Å². The quantitative estimate of drug-likeness (QED) is 0.660. The number of methoxy groups -OCH3 is 2. The highest BCUT2D eigenvalue weighted by Crippen LogP contribution is 2.19. The summed E-state index contributed by atoms with van der Waals surface area (Å²) < 4.78 is 10.4. The number of benzene rings is 1. The van der Waals surface area contributed by atoms with Gasteiger partial charge in [0.25, 0.3) is 0 Å². The van der Waals surface area contributed by atoms with Crippen molar-refractivity contribution in [2.45, 2.75) is 25.7 Å². The summed E-state index contributed by atoms with van der Waals surface area (Å²) in [6.45, 7) is 1.93. The van der Waals surface area contributed by atoms with Crippen LogP contribution in [0.25, 0.3) is 0 Å². The van der Waals surface area contributed by atoms with Crippen molar-refractivity contribution in [1.29, 1.82) is 0 Å². The molecule has 1 N–H and O–H groups in total. The van der Waals surface area contributed by atoms with E-state index in [2.05, 4.69) is 23.5 Å². The molecule has 0 aliphatic heterocycles. The van der Waals surface area contributed by atoms with Crippen LogP contribution in [0.2, 0.25) is 0 Å². The van der Waals surface area contributed by atoms with Gasteiger partial charge in [-0.15, -0.1) is 0 Å². The normalized spacial score (nSPS) is 12.4. The number of ether oxygens (including phenoxy) is 2. The van der Waals surface area contributed by atoms with Crippen molar-refractivity contribution >= 4 is 0 Å². The van der Waals surface area contributed by atoms with E-state index in [0.29, 0.717) is 5.92 Å². The molecule has 1 aromatic carbocycles. The summed E-state index contributed by atoms with van der Waals surface area (Å²) in [5, 5.41) is 3.30. The maximum atomic E-state index is 5.28. The molecule has 108 valence electrons. The zero-order valence-electron chi connectivity index (χ0n) is 12.4. The highest BCUT2D eigenvalue weighted by Gasteiger charge is 2.09. The average molecular weight is 265 g/mol. The minimum Gasteiger partial charge on any atom is -0.497 e. The number of rotatable bonds is 10. The standard InChI is InChI=1S/C16H27NO2/c1-17-13-15(7-4-5-10-18-2)11-14-8-6-9-16(12-14)19-3/h6,8-9,12,15,17H,4-5,7,10-11,13H2,1-3H3. The van der Waals surface area contributed by atoms with Crippen molar-refractivity contribution in [2.75, 3.05) is 34.4 Å².